The summed E-state index contributed by atoms with van der Waals surface area (Å²) >= 11 is 5.10. The fourth-order valence-corrected chi connectivity index (χ4v) is 3.45. The molecule has 1 aromatic heterocycles. The number of anilines is 1. The SMILES string of the molecule is Nc1nc(-c2ccc(F)cc2Br)nc2c1CSC2. The van der Waals surface area contributed by atoms with Gasteiger partial charge in [-0.1, -0.05) is 0 Å². The molecule has 0 saturated carbocycles. The van der Waals surface area contributed by atoms with Crippen LogP contribution in [0.15, 0.2) is 22.7 Å². The van der Waals surface area contributed by atoms with E-state index in [0.717, 1.165) is 28.3 Å². The van der Waals surface area contributed by atoms with Crippen molar-refractivity contribution >= 4 is 33.5 Å². The molecule has 1 aliphatic heterocycles. The third kappa shape index (κ3) is 1.99. The highest BCUT2D eigenvalue weighted by atomic mass is 79.9. The zero-order valence-corrected chi connectivity index (χ0v) is 11.7. The van der Waals surface area contributed by atoms with Gasteiger partial charge in [-0.2, -0.15) is 11.8 Å². The molecule has 2 N–H and O–H groups in total. The Hall–Kier alpha value is -1.14. The van der Waals surface area contributed by atoms with E-state index in [1.165, 1.54) is 12.1 Å². The minimum absolute atomic E-state index is 0.296. The number of benzene rings is 1. The lowest BCUT2D eigenvalue weighted by Crippen LogP contribution is -2.03. The van der Waals surface area contributed by atoms with Crippen molar-refractivity contribution in [1.82, 2.24) is 9.97 Å². The van der Waals surface area contributed by atoms with E-state index < -0.39 is 0 Å². The van der Waals surface area contributed by atoms with Crippen molar-refractivity contribution < 1.29 is 4.39 Å². The van der Waals surface area contributed by atoms with Crippen molar-refractivity contribution in [2.24, 2.45) is 0 Å². The minimum Gasteiger partial charge on any atom is -0.383 e. The van der Waals surface area contributed by atoms with E-state index in [1.807, 2.05) is 0 Å². The van der Waals surface area contributed by atoms with Gasteiger partial charge in [0.25, 0.3) is 0 Å². The number of nitrogens with zero attached hydrogens (tertiary/aromatic N) is 2. The van der Waals surface area contributed by atoms with Crippen LogP contribution in [0.2, 0.25) is 0 Å². The standard InChI is InChI=1S/C12H9BrFN3S/c13-9-3-6(14)1-2-7(9)12-16-10-5-18-4-8(10)11(15)17-12/h1-3H,4-5H2,(H2,15,16,17). The van der Waals surface area contributed by atoms with Crippen molar-refractivity contribution in [2.45, 2.75) is 11.5 Å². The Kier molecular flexibility index (Phi) is 2.99. The topological polar surface area (TPSA) is 51.8 Å². The molecule has 3 rings (SSSR count). The molecule has 3 nitrogen and oxygen atoms in total. The lowest BCUT2D eigenvalue weighted by atomic mass is 10.2. The van der Waals surface area contributed by atoms with E-state index in [4.69, 9.17) is 5.73 Å². The summed E-state index contributed by atoms with van der Waals surface area (Å²) in [5, 5.41) is 0. The highest BCUT2D eigenvalue weighted by Crippen LogP contribution is 2.34. The van der Waals surface area contributed by atoms with Crippen LogP contribution in [0.3, 0.4) is 0 Å². The Morgan fingerprint density at radius 2 is 2.11 bits per heavy atom. The summed E-state index contributed by atoms with van der Waals surface area (Å²) in [6.07, 6.45) is 0. The first kappa shape index (κ1) is 11.9. The molecule has 0 spiro atoms. The predicted molar refractivity (Wildman–Crippen MR) is 74.5 cm³/mol. The van der Waals surface area contributed by atoms with E-state index in [9.17, 15) is 4.39 Å². The third-order valence-corrected chi connectivity index (χ3v) is 4.41. The van der Waals surface area contributed by atoms with Crippen LogP contribution in [0.4, 0.5) is 10.2 Å². The van der Waals surface area contributed by atoms with Crippen molar-refractivity contribution in [2.75, 3.05) is 5.73 Å². The van der Waals surface area contributed by atoms with Gasteiger partial charge >= 0.3 is 0 Å². The molecule has 0 radical (unpaired) electrons. The van der Waals surface area contributed by atoms with Crippen LogP contribution in [0, 0.1) is 5.82 Å². The summed E-state index contributed by atoms with van der Waals surface area (Å²) in [5.74, 6) is 2.49. The first-order valence-corrected chi connectivity index (χ1v) is 7.28. The largest absolute Gasteiger partial charge is 0.383 e. The smallest absolute Gasteiger partial charge is 0.162 e. The van der Waals surface area contributed by atoms with Crippen molar-refractivity contribution in [3.63, 3.8) is 0 Å². The molecule has 0 saturated heterocycles. The number of nitrogens with two attached hydrogens (primary N) is 1. The quantitative estimate of drug-likeness (QED) is 0.873. The van der Waals surface area contributed by atoms with Gasteiger partial charge in [-0.15, -0.1) is 0 Å². The van der Waals surface area contributed by atoms with Crippen LogP contribution < -0.4 is 5.73 Å². The maximum absolute atomic E-state index is 13.1. The molecule has 1 aliphatic rings. The Morgan fingerprint density at radius 3 is 2.89 bits per heavy atom. The second kappa shape index (κ2) is 4.51. The molecule has 0 fully saturated rings. The average molecular weight is 326 g/mol. The normalized spacial score (nSPS) is 13.7. The zero-order chi connectivity index (χ0) is 12.7. The summed E-state index contributed by atoms with van der Waals surface area (Å²) < 4.78 is 13.7. The van der Waals surface area contributed by atoms with Crippen molar-refractivity contribution in [1.29, 1.82) is 0 Å². The Morgan fingerprint density at radius 1 is 1.28 bits per heavy atom. The number of aromatic nitrogens is 2. The molecule has 0 bridgehead atoms. The number of hydrogen-bond donors (Lipinski definition) is 1. The highest BCUT2D eigenvalue weighted by Gasteiger charge is 2.19. The summed E-state index contributed by atoms with van der Waals surface area (Å²) in [7, 11) is 0. The molecule has 0 aliphatic carbocycles. The van der Waals surface area contributed by atoms with Crippen LogP contribution in [0.1, 0.15) is 11.3 Å². The van der Waals surface area contributed by atoms with Crippen molar-refractivity contribution in [3.8, 4) is 11.4 Å². The first-order chi connectivity index (χ1) is 8.65. The van der Waals surface area contributed by atoms with E-state index in [0.29, 0.717) is 16.1 Å². The fourth-order valence-electron chi connectivity index (χ4n) is 1.87. The molecular formula is C12H9BrFN3S. The van der Waals surface area contributed by atoms with E-state index >= 15 is 0 Å². The fraction of sp³-hybridized carbons (Fsp3) is 0.167. The minimum atomic E-state index is -0.296. The van der Waals surface area contributed by atoms with Crippen LogP contribution in [0.5, 0.6) is 0 Å². The zero-order valence-electron chi connectivity index (χ0n) is 9.28. The molecule has 2 aromatic rings. The van der Waals surface area contributed by atoms with Crippen LogP contribution in [-0.2, 0) is 11.5 Å². The van der Waals surface area contributed by atoms with E-state index in [2.05, 4.69) is 25.9 Å². The predicted octanol–water partition coefficient (Wildman–Crippen LogP) is 3.37. The van der Waals surface area contributed by atoms with E-state index in [-0.39, 0.29) is 5.82 Å². The lowest BCUT2D eigenvalue weighted by Gasteiger charge is -2.07. The number of hydrogen-bond acceptors (Lipinski definition) is 4. The lowest BCUT2D eigenvalue weighted by molar-refractivity contribution is 0.627. The van der Waals surface area contributed by atoms with Gasteiger partial charge in [0.15, 0.2) is 5.82 Å². The van der Waals surface area contributed by atoms with Crippen LogP contribution >= 0.6 is 27.7 Å². The van der Waals surface area contributed by atoms with Crippen LogP contribution in [0.25, 0.3) is 11.4 Å². The molecule has 6 heteroatoms. The van der Waals surface area contributed by atoms with Gasteiger partial charge in [0.05, 0.1) is 5.69 Å². The molecular weight excluding hydrogens is 317 g/mol. The molecule has 2 heterocycles. The molecule has 0 amide bonds. The second-order valence-electron chi connectivity index (χ2n) is 3.97. The number of fused-ring (bicyclic) bond motifs is 1. The van der Waals surface area contributed by atoms with Gasteiger partial charge in [0, 0.05) is 27.1 Å². The van der Waals surface area contributed by atoms with Crippen molar-refractivity contribution in [3.05, 3.63) is 39.7 Å². The number of halogens is 2. The summed E-state index contributed by atoms with van der Waals surface area (Å²) in [4.78, 5) is 8.82. The van der Waals surface area contributed by atoms with Gasteiger partial charge < -0.3 is 5.73 Å². The Labute approximate surface area is 116 Å². The van der Waals surface area contributed by atoms with Crippen LogP contribution in [-0.4, -0.2) is 9.97 Å². The monoisotopic (exact) mass is 325 g/mol. The molecule has 1 aromatic carbocycles. The molecule has 92 valence electrons. The number of rotatable bonds is 1. The van der Waals surface area contributed by atoms with Gasteiger partial charge in [-0.3, -0.25) is 0 Å². The van der Waals surface area contributed by atoms with E-state index in [1.54, 1.807) is 17.8 Å². The second-order valence-corrected chi connectivity index (χ2v) is 5.81. The summed E-state index contributed by atoms with van der Waals surface area (Å²) in [6, 6.07) is 4.45. The average Bonchev–Trinajstić information content (AvgIpc) is 2.77. The number of thioether (sulfide) groups is 1. The van der Waals surface area contributed by atoms with Gasteiger partial charge in [-0.05, 0) is 34.1 Å². The van der Waals surface area contributed by atoms with Gasteiger partial charge in [0.1, 0.15) is 11.6 Å². The summed E-state index contributed by atoms with van der Waals surface area (Å²) in [6.45, 7) is 0. The Bertz CT molecular complexity index is 633. The number of nitrogen functional groups attached to an aromatic ring is 1. The van der Waals surface area contributed by atoms with Gasteiger partial charge in [-0.25, -0.2) is 14.4 Å². The first-order valence-electron chi connectivity index (χ1n) is 5.33. The maximum Gasteiger partial charge on any atom is 0.162 e. The Balaban J connectivity index is 2.15. The maximum atomic E-state index is 13.1. The van der Waals surface area contributed by atoms with Gasteiger partial charge in [0.2, 0.25) is 0 Å². The highest BCUT2D eigenvalue weighted by molar-refractivity contribution is 9.10. The molecule has 18 heavy (non-hydrogen) atoms. The molecule has 0 unspecified atom stereocenters. The molecule has 0 atom stereocenters. The summed E-state index contributed by atoms with van der Waals surface area (Å²) in [5.41, 5.74) is 8.70. The third-order valence-electron chi connectivity index (χ3n) is 2.78.